The summed E-state index contributed by atoms with van der Waals surface area (Å²) >= 11 is 0. The molecule has 0 bridgehead atoms. The van der Waals surface area contributed by atoms with Gasteiger partial charge in [-0.2, -0.15) is 13.2 Å². The number of benzene rings is 3. The zero-order valence-electron chi connectivity index (χ0n) is 22.8. The summed E-state index contributed by atoms with van der Waals surface area (Å²) in [6.07, 6.45) is -3.97. The minimum absolute atomic E-state index is 0.0730. The van der Waals surface area contributed by atoms with Crippen molar-refractivity contribution < 1.29 is 27.4 Å². The van der Waals surface area contributed by atoms with Crippen molar-refractivity contribution >= 4 is 11.6 Å². The summed E-state index contributed by atoms with van der Waals surface area (Å²) in [4.78, 5) is 17.5. The smallest absolute Gasteiger partial charge is 0.416 e. The lowest BCUT2D eigenvalue weighted by Gasteiger charge is -2.34. The molecule has 8 heteroatoms. The molecule has 1 amide bonds. The molecule has 0 aliphatic carbocycles. The first-order chi connectivity index (χ1) is 18.6. The lowest BCUT2D eigenvalue weighted by atomic mass is 9.93. The molecule has 0 saturated heterocycles. The zero-order chi connectivity index (χ0) is 28.6. The van der Waals surface area contributed by atoms with Crippen LogP contribution in [-0.4, -0.2) is 44.7 Å². The van der Waals surface area contributed by atoms with Crippen molar-refractivity contribution in [3.8, 4) is 11.5 Å². The van der Waals surface area contributed by atoms with Gasteiger partial charge in [0.05, 0.1) is 19.8 Å². The third-order valence-corrected chi connectivity index (χ3v) is 6.72. The molecule has 0 heterocycles. The fourth-order valence-corrected chi connectivity index (χ4v) is 4.53. The molecular weight excluding hydrogens is 505 g/mol. The molecule has 0 fully saturated rings. The van der Waals surface area contributed by atoms with E-state index in [4.69, 9.17) is 9.47 Å². The molecule has 0 aliphatic rings. The molecule has 3 rings (SSSR count). The van der Waals surface area contributed by atoms with E-state index in [9.17, 15) is 18.0 Å². The minimum Gasteiger partial charge on any atom is -0.493 e. The van der Waals surface area contributed by atoms with Gasteiger partial charge in [-0.1, -0.05) is 49.0 Å². The van der Waals surface area contributed by atoms with Gasteiger partial charge in [-0.15, -0.1) is 0 Å². The Kier molecular flexibility index (Phi) is 10.0. The summed E-state index contributed by atoms with van der Waals surface area (Å²) < 4.78 is 50.1. The number of anilines is 1. The topological polar surface area (TPSA) is 42.0 Å². The van der Waals surface area contributed by atoms with Crippen molar-refractivity contribution in [3.63, 3.8) is 0 Å². The number of methoxy groups -OCH3 is 2. The number of hydrogen-bond donors (Lipinski definition) is 0. The van der Waals surface area contributed by atoms with Crippen LogP contribution in [0.15, 0.2) is 85.1 Å². The quantitative estimate of drug-likeness (QED) is 0.250. The molecule has 0 aromatic heterocycles. The van der Waals surface area contributed by atoms with Gasteiger partial charge in [0.15, 0.2) is 11.5 Å². The van der Waals surface area contributed by atoms with Gasteiger partial charge in [0.1, 0.15) is 5.92 Å². The van der Waals surface area contributed by atoms with Crippen LogP contribution in [0.5, 0.6) is 11.5 Å². The number of hydrogen-bond acceptors (Lipinski definition) is 4. The average Bonchev–Trinajstić information content (AvgIpc) is 2.94. The Morgan fingerprint density at radius 2 is 1.51 bits per heavy atom. The first-order valence-electron chi connectivity index (χ1n) is 12.8. The van der Waals surface area contributed by atoms with Crippen molar-refractivity contribution in [1.82, 2.24) is 4.90 Å². The zero-order valence-corrected chi connectivity index (χ0v) is 22.8. The number of halogens is 3. The van der Waals surface area contributed by atoms with E-state index in [0.29, 0.717) is 43.3 Å². The molecule has 208 valence electrons. The van der Waals surface area contributed by atoms with Crippen LogP contribution in [0.1, 0.15) is 36.5 Å². The van der Waals surface area contributed by atoms with E-state index in [1.165, 1.54) is 12.1 Å². The highest BCUT2D eigenvalue weighted by Gasteiger charge is 2.32. The molecule has 1 atom stereocenters. The Hall–Kier alpha value is -3.94. The second-order valence-corrected chi connectivity index (χ2v) is 8.98. The number of carbonyl (C=O) groups excluding carboxylic acids is 1. The highest BCUT2D eigenvalue weighted by Crippen LogP contribution is 2.37. The summed E-state index contributed by atoms with van der Waals surface area (Å²) in [6, 6.07) is 20.0. The summed E-state index contributed by atoms with van der Waals surface area (Å²) in [7, 11) is 3.09. The summed E-state index contributed by atoms with van der Waals surface area (Å²) in [6.45, 7) is 9.73. The van der Waals surface area contributed by atoms with Crippen LogP contribution in [0.4, 0.5) is 18.9 Å². The van der Waals surface area contributed by atoms with E-state index in [2.05, 4.69) is 6.58 Å². The van der Waals surface area contributed by atoms with Crippen LogP contribution in [0.25, 0.3) is 0 Å². The fraction of sp³-hybridized carbons (Fsp3) is 0.323. The molecule has 0 spiro atoms. The van der Waals surface area contributed by atoms with Crippen molar-refractivity contribution in [2.24, 2.45) is 0 Å². The predicted octanol–water partition coefficient (Wildman–Crippen LogP) is 6.94. The van der Waals surface area contributed by atoms with Crippen molar-refractivity contribution in [2.45, 2.75) is 32.4 Å². The molecule has 1 unspecified atom stereocenters. The number of nitrogens with zero attached hydrogens (tertiary/aromatic N) is 2. The Bertz CT molecular complexity index is 1240. The number of alkyl halides is 3. The van der Waals surface area contributed by atoms with Gasteiger partial charge in [-0.05, 0) is 55.7 Å². The van der Waals surface area contributed by atoms with Crippen molar-refractivity contribution in [3.05, 3.63) is 102 Å². The molecule has 5 nitrogen and oxygen atoms in total. The van der Waals surface area contributed by atoms with Crippen LogP contribution in [0.3, 0.4) is 0 Å². The Labute approximate surface area is 228 Å². The molecule has 3 aromatic rings. The third-order valence-electron chi connectivity index (χ3n) is 6.72. The van der Waals surface area contributed by atoms with Gasteiger partial charge >= 0.3 is 6.18 Å². The number of rotatable bonds is 12. The third kappa shape index (κ3) is 7.13. The maximum atomic E-state index is 13.8. The van der Waals surface area contributed by atoms with Crippen LogP contribution in [-0.2, 0) is 17.4 Å². The number of amides is 1. The number of ether oxygens (including phenoxy) is 2. The van der Waals surface area contributed by atoms with E-state index >= 15 is 0 Å². The normalized spacial score (nSPS) is 12.0. The van der Waals surface area contributed by atoms with Gasteiger partial charge in [0.2, 0.25) is 5.91 Å². The van der Waals surface area contributed by atoms with Gasteiger partial charge in [-0.3, -0.25) is 4.79 Å². The van der Waals surface area contributed by atoms with Crippen molar-refractivity contribution in [2.75, 3.05) is 38.8 Å². The number of likely N-dealkylation sites (N-methyl/N-ethyl adjacent to an activating group) is 1. The van der Waals surface area contributed by atoms with E-state index in [1.54, 1.807) is 31.3 Å². The summed E-state index contributed by atoms with van der Waals surface area (Å²) in [5.74, 6) is 0.324. The Morgan fingerprint density at radius 1 is 0.897 bits per heavy atom. The predicted molar refractivity (Wildman–Crippen MR) is 148 cm³/mol. The molecule has 0 radical (unpaired) electrons. The Morgan fingerprint density at radius 3 is 2.05 bits per heavy atom. The second-order valence-electron chi connectivity index (χ2n) is 8.98. The molecular formula is C31H35F3N2O3. The average molecular weight is 541 g/mol. The van der Waals surface area contributed by atoms with Crippen LogP contribution in [0.2, 0.25) is 0 Å². The fourth-order valence-electron chi connectivity index (χ4n) is 4.53. The first kappa shape index (κ1) is 29.6. The van der Waals surface area contributed by atoms with E-state index in [0.717, 1.165) is 28.9 Å². The van der Waals surface area contributed by atoms with Crippen LogP contribution >= 0.6 is 0 Å². The van der Waals surface area contributed by atoms with Gasteiger partial charge in [0.25, 0.3) is 0 Å². The monoisotopic (exact) mass is 540 g/mol. The largest absolute Gasteiger partial charge is 0.493 e. The minimum atomic E-state index is -4.40. The van der Waals surface area contributed by atoms with E-state index < -0.39 is 17.7 Å². The molecule has 3 aromatic carbocycles. The van der Waals surface area contributed by atoms with Gasteiger partial charge in [-0.25, -0.2) is 0 Å². The maximum absolute atomic E-state index is 13.8. The SMILES string of the molecule is C=C(C(C(=O)N(CC)CC)c1ccccc1)N(CCc1ccc(C(F)(F)F)cc1)c1ccc(OC)c(OC)c1. The molecule has 39 heavy (non-hydrogen) atoms. The molecule has 0 N–H and O–H groups in total. The summed E-state index contributed by atoms with van der Waals surface area (Å²) in [5.41, 5.74) is 2.11. The van der Waals surface area contributed by atoms with Crippen molar-refractivity contribution in [1.29, 1.82) is 0 Å². The van der Waals surface area contributed by atoms with E-state index in [-0.39, 0.29) is 5.91 Å². The van der Waals surface area contributed by atoms with Crippen LogP contribution in [0, 0.1) is 0 Å². The van der Waals surface area contributed by atoms with E-state index in [1.807, 2.05) is 55.1 Å². The maximum Gasteiger partial charge on any atom is 0.416 e. The summed E-state index contributed by atoms with van der Waals surface area (Å²) in [5, 5.41) is 0. The highest BCUT2D eigenvalue weighted by atomic mass is 19.4. The highest BCUT2D eigenvalue weighted by molar-refractivity contribution is 5.88. The van der Waals surface area contributed by atoms with Crippen LogP contribution < -0.4 is 14.4 Å². The molecule has 0 saturated carbocycles. The van der Waals surface area contributed by atoms with Gasteiger partial charge < -0.3 is 19.3 Å². The lowest BCUT2D eigenvalue weighted by Crippen LogP contribution is -2.39. The number of carbonyl (C=O) groups is 1. The molecule has 0 aliphatic heterocycles. The van der Waals surface area contributed by atoms with Gasteiger partial charge in [0, 0.05) is 37.1 Å². The first-order valence-corrected chi connectivity index (χ1v) is 12.8. The lowest BCUT2D eigenvalue weighted by molar-refractivity contribution is -0.137. The standard InChI is InChI=1S/C31H35F3N2O3/c1-6-35(7-2)30(37)29(24-11-9-8-10-12-24)22(3)36(26-17-18-27(38-4)28(21-26)39-5)20-19-23-13-15-25(16-14-23)31(32,33)34/h8-18,21,29H,3,6-7,19-20H2,1-2,4-5H3. The second kappa shape index (κ2) is 13.2. The Balaban J connectivity index is 2.04.